The number of aryl methyl sites for hydroxylation is 1. The molecule has 0 aromatic heterocycles. The Balaban J connectivity index is 1.45. The van der Waals surface area contributed by atoms with Crippen molar-refractivity contribution in [3.05, 3.63) is 65.7 Å². The predicted octanol–water partition coefficient (Wildman–Crippen LogP) is 3.96. The van der Waals surface area contributed by atoms with Gasteiger partial charge >= 0.3 is 6.03 Å². The molecule has 0 radical (unpaired) electrons. The Morgan fingerprint density at radius 3 is 2.37 bits per heavy atom. The smallest absolute Gasteiger partial charge is 0.328 e. The molecular weight excluding hydrogens is 442 g/mol. The average Bonchev–Trinajstić information content (AvgIpc) is 3.08. The van der Waals surface area contributed by atoms with Crippen molar-refractivity contribution in [3.8, 4) is 5.75 Å². The molecule has 1 atom stereocenters. The Hall–Kier alpha value is -2.90. The Morgan fingerprint density at radius 1 is 0.971 bits per heavy atom. The summed E-state index contributed by atoms with van der Waals surface area (Å²) in [5.41, 5.74) is 1.44. The fourth-order valence-electron chi connectivity index (χ4n) is 5.39. The molecule has 2 aliphatic rings. The van der Waals surface area contributed by atoms with Crippen molar-refractivity contribution in [1.82, 2.24) is 14.7 Å². The van der Waals surface area contributed by atoms with E-state index < -0.39 is 5.54 Å². The van der Waals surface area contributed by atoms with Gasteiger partial charge in [0.05, 0.1) is 20.3 Å². The number of benzene rings is 2. The number of urea groups is 1. The van der Waals surface area contributed by atoms with Gasteiger partial charge < -0.3 is 19.3 Å². The number of carbonyl (C=O) groups excluding carboxylic acids is 2. The number of nitrogens with zero attached hydrogens (tertiary/aromatic N) is 3. The maximum absolute atomic E-state index is 13.8. The molecule has 0 aliphatic carbocycles. The number of amides is 3. The van der Waals surface area contributed by atoms with E-state index in [1.54, 1.807) is 19.1 Å². The molecule has 4 rings (SSSR count). The number of hydrogen-bond acceptors (Lipinski definition) is 5. The van der Waals surface area contributed by atoms with Crippen LogP contribution in [0.25, 0.3) is 0 Å². The largest absolute Gasteiger partial charge is 0.497 e. The normalized spacial score (nSPS) is 18.9. The fourth-order valence-corrected chi connectivity index (χ4v) is 5.39. The third kappa shape index (κ3) is 5.36. The zero-order valence-corrected chi connectivity index (χ0v) is 21.1. The van der Waals surface area contributed by atoms with E-state index >= 15 is 0 Å². The van der Waals surface area contributed by atoms with Crippen LogP contribution in [-0.2, 0) is 22.5 Å². The van der Waals surface area contributed by atoms with Gasteiger partial charge in [-0.15, -0.1) is 0 Å². The van der Waals surface area contributed by atoms with Gasteiger partial charge in [-0.25, -0.2) is 4.79 Å². The highest BCUT2D eigenvalue weighted by Crippen LogP contribution is 2.38. The standard InChI is InChI=1S/C28H37N3O4/c1-22(12-13-23-8-5-4-6-9-23)29-16-14-28(15-17-29)26(32)30(27(33)31(28)18-19-34-2)21-24-10-7-11-25(20-24)35-3/h4-11,20,22H,12-19,21H2,1-3H3/t22-/m1/s1. The van der Waals surface area contributed by atoms with Gasteiger partial charge in [0.2, 0.25) is 0 Å². The summed E-state index contributed by atoms with van der Waals surface area (Å²) in [5.74, 6) is 0.628. The third-order valence-corrected chi connectivity index (χ3v) is 7.56. The van der Waals surface area contributed by atoms with Crippen LogP contribution in [0.1, 0.15) is 37.3 Å². The molecular formula is C28H37N3O4. The zero-order chi connectivity index (χ0) is 24.8. The van der Waals surface area contributed by atoms with E-state index in [0.717, 1.165) is 31.5 Å². The number of imide groups is 1. The lowest BCUT2D eigenvalue weighted by Crippen LogP contribution is -2.58. The van der Waals surface area contributed by atoms with Crippen LogP contribution in [0.15, 0.2) is 54.6 Å². The minimum Gasteiger partial charge on any atom is -0.497 e. The molecule has 35 heavy (non-hydrogen) atoms. The van der Waals surface area contributed by atoms with Gasteiger partial charge in [-0.2, -0.15) is 0 Å². The van der Waals surface area contributed by atoms with Gasteiger partial charge in [0.15, 0.2) is 0 Å². The van der Waals surface area contributed by atoms with Gasteiger partial charge in [-0.05, 0) is 55.9 Å². The number of piperidine rings is 1. The molecule has 188 valence electrons. The highest BCUT2D eigenvalue weighted by Gasteiger charge is 2.57. The Kier molecular flexibility index (Phi) is 8.08. The molecule has 2 aromatic rings. The van der Waals surface area contributed by atoms with Crippen molar-refractivity contribution in [2.24, 2.45) is 0 Å². The van der Waals surface area contributed by atoms with Crippen LogP contribution in [-0.4, -0.2) is 78.7 Å². The molecule has 7 nitrogen and oxygen atoms in total. The minimum atomic E-state index is -0.788. The maximum atomic E-state index is 13.8. The Morgan fingerprint density at radius 2 is 1.69 bits per heavy atom. The first-order valence-corrected chi connectivity index (χ1v) is 12.5. The molecule has 2 saturated heterocycles. The summed E-state index contributed by atoms with van der Waals surface area (Å²) in [6.07, 6.45) is 3.39. The Labute approximate surface area is 208 Å². The average molecular weight is 480 g/mol. The Bertz CT molecular complexity index is 1000. The SMILES string of the molecule is COCCN1C(=O)N(Cc2cccc(OC)c2)C(=O)C12CCN([C@H](C)CCc1ccccc1)CC2. The van der Waals surface area contributed by atoms with Crippen molar-refractivity contribution in [2.45, 2.75) is 50.7 Å². The molecule has 0 unspecified atom stereocenters. The van der Waals surface area contributed by atoms with Gasteiger partial charge in [-0.1, -0.05) is 42.5 Å². The second-order valence-corrected chi connectivity index (χ2v) is 9.61. The number of likely N-dealkylation sites (tertiary alicyclic amines) is 1. The lowest BCUT2D eigenvalue weighted by Gasteiger charge is -2.44. The minimum absolute atomic E-state index is 0.0852. The predicted molar refractivity (Wildman–Crippen MR) is 135 cm³/mol. The number of ether oxygens (including phenoxy) is 2. The van der Waals surface area contributed by atoms with Crippen LogP contribution in [0.5, 0.6) is 5.75 Å². The molecule has 2 heterocycles. The van der Waals surface area contributed by atoms with Crippen LogP contribution >= 0.6 is 0 Å². The van der Waals surface area contributed by atoms with E-state index in [9.17, 15) is 9.59 Å². The van der Waals surface area contributed by atoms with Gasteiger partial charge in [0.1, 0.15) is 11.3 Å². The number of methoxy groups -OCH3 is 2. The van der Waals surface area contributed by atoms with Gasteiger partial charge in [0, 0.05) is 32.8 Å². The zero-order valence-electron chi connectivity index (χ0n) is 21.1. The van der Waals surface area contributed by atoms with Crippen molar-refractivity contribution in [1.29, 1.82) is 0 Å². The molecule has 0 saturated carbocycles. The van der Waals surface area contributed by atoms with E-state index in [1.165, 1.54) is 10.5 Å². The van der Waals surface area contributed by atoms with Crippen molar-refractivity contribution in [2.75, 3.05) is 40.5 Å². The monoisotopic (exact) mass is 479 g/mol. The van der Waals surface area contributed by atoms with Gasteiger partial charge in [-0.3, -0.25) is 9.69 Å². The lowest BCUT2D eigenvalue weighted by atomic mass is 9.85. The molecule has 2 aromatic carbocycles. The first kappa shape index (κ1) is 25.2. The topological polar surface area (TPSA) is 62.3 Å². The van der Waals surface area contributed by atoms with Crippen LogP contribution in [0, 0.1) is 0 Å². The van der Waals surface area contributed by atoms with E-state index in [1.807, 2.05) is 30.3 Å². The van der Waals surface area contributed by atoms with Gasteiger partial charge in [0.25, 0.3) is 5.91 Å². The van der Waals surface area contributed by atoms with E-state index in [-0.39, 0.29) is 18.5 Å². The van der Waals surface area contributed by atoms with Crippen LogP contribution in [0.3, 0.4) is 0 Å². The molecule has 2 aliphatic heterocycles. The summed E-state index contributed by atoms with van der Waals surface area (Å²) < 4.78 is 10.6. The quantitative estimate of drug-likeness (QED) is 0.483. The van der Waals surface area contributed by atoms with Crippen LogP contribution in [0.2, 0.25) is 0 Å². The highest BCUT2D eigenvalue weighted by atomic mass is 16.5. The van der Waals surface area contributed by atoms with Crippen LogP contribution in [0.4, 0.5) is 4.79 Å². The summed E-state index contributed by atoms with van der Waals surface area (Å²) in [5, 5.41) is 0. The van der Waals surface area contributed by atoms with E-state index in [4.69, 9.17) is 9.47 Å². The molecule has 2 fully saturated rings. The third-order valence-electron chi connectivity index (χ3n) is 7.56. The number of carbonyl (C=O) groups is 2. The fraction of sp³-hybridized carbons (Fsp3) is 0.500. The summed E-state index contributed by atoms with van der Waals surface area (Å²) in [4.78, 5) is 32.9. The second-order valence-electron chi connectivity index (χ2n) is 9.61. The summed E-state index contributed by atoms with van der Waals surface area (Å²) >= 11 is 0. The van der Waals surface area contributed by atoms with Crippen LogP contribution < -0.4 is 4.74 Å². The lowest BCUT2D eigenvalue weighted by molar-refractivity contribution is -0.136. The molecule has 0 N–H and O–H groups in total. The van der Waals surface area contributed by atoms with Crippen molar-refractivity contribution >= 4 is 11.9 Å². The van der Waals surface area contributed by atoms with Crippen molar-refractivity contribution < 1.29 is 19.1 Å². The molecule has 7 heteroatoms. The van der Waals surface area contributed by atoms with E-state index in [2.05, 4.69) is 36.1 Å². The molecule has 3 amide bonds. The second kappa shape index (κ2) is 11.2. The summed E-state index contributed by atoms with van der Waals surface area (Å²) in [6.45, 7) is 4.93. The highest BCUT2D eigenvalue weighted by molar-refractivity contribution is 6.07. The summed E-state index contributed by atoms with van der Waals surface area (Å²) in [6, 6.07) is 18.3. The molecule has 1 spiro atoms. The van der Waals surface area contributed by atoms with Crippen molar-refractivity contribution in [3.63, 3.8) is 0 Å². The number of hydrogen-bond donors (Lipinski definition) is 0. The molecule has 0 bridgehead atoms. The first-order valence-electron chi connectivity index (χ1n) is 12.5. The summed E-state index contributed by atoms with van der Waals surface area (Å²) in [7, 11) is 3.24. The number of rotatable bonds is 10. The maximum Gasteiger partial charge on any atom is 0.328 e. The van der Waals surface area contributed by atoms with E-state index in [0.29, 0.717) is 37.8 Å². The first-order chi connectivity index (χ1) is 17.0.